The quantitative estimate of drug-likeness (QED) is 0.474. The largest absolute Gasteiger partial charge is 0.355 e. The van der Waals surface area contributed by atoms with Gasteiger partial charge in [-0.15, -0.1) is 11.3 Å². The Balaban J connectivity index is 1.82. The van der Waals surface area contributed by atoms with Gasteiger partial charge in [0.2, 0.25) is 0 Å². The summed E-state index contributed by atoms with van der Waals surface area (Å²) >= 11 is 1.68. The zero-order chi connectivity index (χ0) is 18.1. The molecule has 130 valence electrons. The number of rotatable bonds is 4. The van der Waals surface area contributed by atoms with Gasteiger partial charge in [0, 0.05) is 24.5 Å². The van der Waals surface area contributed by atoms with Crippen LogP contribution in [0.15, 0.2) is 60.2 Å². The summed E-state index contributed by atoms with van der Waals surface area (Å²) in [6, 6.07) is 17.1. The van der Waals surface area contributed by atoms with Gasteiger partial charge in [0.15, 0.2) is 0 Å². The van der Waals surface area contributed by atoms with Gasteiger partial charge >= 0.3 is 0 Å². The predicted molar refractivity (Wildman–Crippen MR) is 111 cm³/mol. The average molecular weight is 359 g/mol. The fourth-order valence-electron chi connectivity index (χ4n) is 3.39. The Bertz CT molecular complexity index is 1050. The van der Waals surface area contributed by atoms with Crippen LogP contribution in [-0.2, 0) is 6.54 Å². The van der Waals surface area contributed by atoms with Gasteiger partial charge in [0.25, 0.3) is 0 Å². The number of aromatic nitrogens is 2. The van der Waals surface area contributed by atoms with E-state index in [1.54, 1.807) is 17.7 Å². The SMILES string of the molecule is Cc1ccc(-c2csc3ncnc(N(C)Cc4ccccc4)c23)c(C)c1. The number of hydrogen-bond donors (Lipinski definition) is 0. The Morgan fingerprint density at radius 3 is 2.54 bits per heavy atom. The van der Waals surface area contributed by atoms with Crippen molar-refractivity contribution in [3.63, 3.8) is 0 Å². The third-order valence-electron chi connectivity index (χ3n) is 4.65. The van der Waals surface area contributed by atoms with Gasteiger partial charge in [-0.1, -0.05) is 54.1 Å². The van der Waals surface area contributed by atoms with Gasteiger partial charge in [-0.05, 0) is 30.5 Å². The second-order valence-electron chi connectivity index (χ2n) is 6.69. The Labute approximate surface area is 158 Å². The third kappa shape index (κ3) is 3.08. The summed E-state index contributed by atoms with van der Waals surface area (Å²) in [6.45, 7) is 5.11. The number of thiophene rings is 1. The maximum Gasteiger partial charge on any atom is 0.141 e. The number of anilines is 1. The second-order valence-corrected chi connectivity index (χ2v) is 7.54. The van der Waals surface area contributed by atoms with E-state index in [4.69, 9.17) is 0 Å². The molecule has 0 aliphatic carbocycles. The molecule has 0 unspecified atom stereocenters. The molecule has 0 saturated carbocycles. The molecule has 0 aliphatic rings. The molecular formula is C22H21N3S. The molecule has 0 fully saturated rings. The minimum atomic E-state index is 0.815. The smallest absolute Gasteiger partial charge is 0.141 e. The van der Waals surface area contributed by atoms with Gasteiger partial charge < -0.3 is 4.90 Å². The summed E-state index contributed by atoms with van der Waals surface area (Å²) < 4.78 is 0. The lowest BCUT2D eigenvalue weighted by atomic mass is 9.99. The van der Waals surface area contributed by atoms with Crippen LogP contribution in [-0.4, -0.2) is 17.0 Å². The highest BCUT2D eigenvalue weighted by molar-refractivity contribution is 7.17. The Hall–Kier alpha value is -2.72. The predicted octanol–water partition coefficient (Wildman–Crippen LogP) is 5.61. The van der Waals surface area contributed by atoms with Crippen LogP contribution >= 0.6 is 11.3 Å². The highest BCUT2D eigenvalue weighted by Crippen LogP contribution is 2.39. The highest BCUT2D eigenvalue weighted by atomic mass is 32.1. The number of nitrogens with zero attached hydrogens (tertiary/aromatic N) is 3. The Kier molecular flexibility index (Phi) is 4.43. The Morgan fingerprint density at radius 1 is 0.962 bits per heavy atom. The van der Waals surface area contributed by atoms with Crippen molar-refractivity contribution in [2.45, 2.75) is 20.4 Å². The summed E-state index contributed by atoms with van der Waals surface area (Å²) in [6.07, 6.45) is 1.67. The van der Waals surface area contributed by atoms with E-state index in [2.05, 4.69) is 83.6 Å². The fourth-order valence-corrected chi connectivity index (χ4v) is 4.30. The molecule has 4 heteroatoms. The molecule has 0 aliphatic heterocycles. The first-order valence-electron chi connectivity index (χ1n) is 8.68. The van der Waals surface area contributed by atoms with Crippen LogP contribution in [0.2, 0.25) is 0 Å². The minimum absolute atomic E-state index is 0.815. The van der Waals surface area contributed by atoms with Gasteiger partial charge in [0.1, 0.15) is 17.0 Å². The lowest BCUT2D eigenvalue weighted by molar-refractivity contribution is 0.901. The van der Waals surface area contributed by atoms with Gasteiger partial charge in [-0.25, -0.2) is 9.97 Å². The van der Waals surface area contributed by atoms with Crippen LogP contribution in [0.4, 0.5) is 5.82 Å². The summed E-state index contributed by atoms with van der Waals surface area (Å²) in [5.74, 6) is 0.982. The van der Waals surface area contributed by atoms with Crippen molar-refractivity contribution in [2.24, 2.45) is 0 Å². The van der Waals surface area contributed by atoms with Crippen molar-refractivity contribution < 1.29 is 0 Å². The van der Waals surface area contributed by atoms with Crippen molar-refractivity contribution in [1.82, 2.24) is 9.97 Å². The maximum absolute atomic E-state index is 4.63. The fraction of sp³-hybridized carbons (Fsp3) is 0.182. The van der Waals surface area contributed by atoms with E-state index in [0.29, 0.717) is 0 Å². The van der Waals surface area contributed by atoms with E-state index >= 15 is 0 Å². The monoisotopic (exact) mass is 359 g/mol. The summed E-state index contributed by atoms with van der Waals surface area (Å²) in [5, 5.41) is 3.35. The molecule has 0 radical (unpaired) electrons. The van der Waals surface area contributed by atoms with Crippen LogP contribution in [0.5, 0.6) is 0 Å². The molecule has 4 aromatic rings. The van der Waals surface area contributed by atoms with Gasteiger partial charge in [-0.3, -0.25) is 0 Å². The summed E-state index contributed by atoms with van der Waals surface area (Å²) in [4.78, 5) is 12.4. The Morgan fingerprint density at radius 2 is 1.77 bits per heavy atom. The highest BCUT2D eigenvalue weighted by Gasteiger charge is 2.17. The number of fused-ring (bicyclic) bond motifs is 1. The lowest BCUT2D eigenvalue weighted by Gasteiger charge is -2.20. The first-order chi connectivity index (χ1) is 12.6. The third-order valence-corrected chi connectivity index (χ3v) is 5.53. The van der Waals surface area contributed by atoms with Crippen molar-refractivity contribution in [2.75, 3.05) is 11.9 Å². The van der Waals surface area contributed by atoms with Gasteiger partial charge in [-0.2, -0.15) is 0 Å². The van der Waals surface area contributed by atoms with E-state index in [0.717, 1.165) is 22.6 Å². The van der Waals surface area contributed by atoms with E-state index in [1.165, 1.54) is 27.8 Å². The zero-order valence-corrected chi connectivity index (χ0v) is 16.0. The first kappa shape index (κ1) is 16.7. The minimum Gasteiger partial charge on any atom is -0.355 e. The van der Waals surface area contributed by atoms with Gasteiger partial charge in [0.05, 0.1) is 5.39 Å². The molecular weight excluding hydrogens is 338 g/mol. The number of hydrogen-bond acceptors (Lipinski definition) is 4. The molecule has 0 bridgehead atoms. The standard InChI is InChI=1S/C22H21N3S/c1-15-9-10-18(16(2)11-15)19-13-26-22-20(19)21(23-14-24-22)25(3)12-17-7-5-4-6-8-17/h4-11,13-14H,12H2,1-3H3. The van der Waals surface area contributed by atoms with Crippen LogP contribution in [0.3, 0.4) is 0 Å². The normalized spacial score (nSPS) is 11.0. The van der Waals surface area contributed by atoms with Crippen molar-refractivity contribution >= 4 is 27.4 Å². The molecule has 0 saturated heterocycles. The van der Waals surface area contributed by atoms with E-state index in [1.807, 2.05) is 6.07 Å². The molecule has 0 amide bonds. The van der Waals surface area contributed by atoms with E-state index in [-0.39, 0.29) is 0 Å². The van der Waals surface area contributed by atoms with Crippen LogP contribution < -0.4 is 4.90 Å². The maximum atomic E-state index is 4.63. The molecule has 2 aromatic heterocycles. The molecule has 0 N–H and O–H groups in total. The van der Waals surface area contributed by atoms with E-state index < -0.39 is 0 Å². The molecule has 2 aromatic carbocycles. The molecule has 2 heterocycles. The number of benzene rings is 2. The first-order valence-corrected chi connectivity index (χ1v) is 9.56. The topological polar surface area (TPSA) is 29.0 Å². The summed E-state index contributed by atoms with van der Waals surface area (Å²) in [5.41, 5.74) is 6.31. The van der Waals surface area contributed by atoms with Crippen molar-refractivity contribution in [1.29, 1.82) is 0 Å². The summed E-state index contributed by atoms with van der Waals surface area (Å²) in [7, 11) is 2.10. The van der Waals surface area contributed by atoms with Crippen LogP contribution in [0.25, 0.3) is 21.3 Å². The van der Waals surface area contributed by atoms with E-state index in [9.17, 15) is 0 Å². The molecule has 4 rings (SSSR count). The van der Waals surface area contributed by atoms with Crippen molar-refractivity contribution in [3.8, 4) is 11.1 Å². The van der Waals surface area contributed by atoms with Crippen LogP contribution in [0, 0.1) is 13.8 Å². The van der Waals surface area contributed by atoms with Crippen LogP contribution in [0.1, 0.15) is 16.7 Å². The molecule has 0 spiro atoms. The zero-order valence-electron chi connectivity index (χ0n) is 15.2. The number of aryl methyl sites for hydroxylation is 2. The molecule has 26 heavy (non-hydrogen) atoms. The average Bonchev–Trinajstić information content (AvgIpc) is 3.06. The second kappa shape index (κ2) is 6.89. The molecule has 3 nitrogen and oxygen atoms in total. The molecule has 0 atom stereocenters. The van der Waals surface area contributed by atoms with Crippen molar-refractivity contribution in [3.05, 3.63) is 76.9 Å². The lowest BCUT2D eigenvalue weighted by Crippen LogP contribution is -2.18.